The largest absolute Gasteiger partial charge is 0.417 e. The molecule has 2 aromatic rings. The fourth-order valence-corrected chi connectivity index (χ4v) is 2.08. The van der Waals surface area contributed by atoms with Gasteiger partial charge < -0.3 is 10.4 Å². The molecule has 2 rings (SSSR count). The van der Waals surface area contributed by atoms with Gasteiger partial charge in [-0.2, -0.15) is 13.2 Å². The first kappa shape index (κ1) is 16.9. The van der Waals surface area contributed by atoms with Crippen molar-refractivity contribution in [3.63, 3.8) is 0 Å². The topological polar surface area (TPSA) is 45.1 Å². The Balaban J connectivity index is 2.04. The Bertz CT molecular complexity index is 648. The van der Waals surface area contributed by atoms with Crippen LogP contribution in [0.1, 0.15) is 17.2 Å². The first-order valence-corrected chi connectivity index (χ1v) is 6.93. The van der Waals surface area contributed by atoms with Crippen LogP contribution in [0, 0.1) is 0 Å². The molecular formula is C14H11Cl2F3N2O. The van der Waals surface area contributed by atoms with Crippen molar-refractivity contribution in [3.05, 3.63) is 57.7 Å². The van der Waals surface area contributed by atoms with Gasteiger partial charge in [-0.15, -0.1) is 0 Å². The zero-order valence-corrected chi connectivity index (χ0v) is 12.5. The van der Waals surface area contributed by atoms with Crippen molar-refractivity contribution in [1.82, 2.24) is 4.98 Å². The number of nitrogens with zero attached hydrogens (tertiary/aromatic N) is 1. The molecule has 8 heteroatoms. The van der Waals surface area contributed by atoms with Crippen LogP contribution in [0.4, 0.5) is 19.0 Å². The van der Waals surface area contributed by atoms with Crippen molar-refractivity contribution >= 4 is 29.0 Å². The Labute approximate surface area is 134 Å². The summed E-state index contributed by atoms with van der Waals surface area (Å²) in [7, 11) is 0. The van der Waals surface area contributed by atoms with Gasteiger partial charge in [-0.25, -0.2) is 4.98 Å². The van der Waals surface area contributed by atoms with Crippen LogP contribution in [0.3, 0.4) is 0 Å². The van der Waals surface area contributed by atoms with Gasteiger partial charge in [-0.05, 0) is 23.8 Å². The van der Waals surface area contributed by atoms with E-state index < -0.39 is 17.8 Å². The molecule has 0 radical (unpaired) electrons. The summed E-state index contributed by atoms with van der Waals surface area (Å²) in [6.07, 6.45) is -4.70. The van der Waals surface area contributed by atoms with Crippen molar-refractivity contribution in [1.29, 1.82) is 0 Å². The highest BCUT2D eigenvalue weighted by molar-refractivity contribution is 6.33. The van der Waals surface area contributed by atoms with Crippen LogP contribution in [0.25, 0.3) is 0 Å². The van der Waals surface area contributed by atoms with E-state index >= 15 is 0 Å². The lowest BCUT2D eigenvalue weighted by Crippen LogP contribution is -2.14. The molecule has 1 atom stereocenters. The minimum absolute atomic E-state index is 0.0414. The molecule has 1 aromatic carbocycles. The van der Waals surface area contributed by atoms with Crippen LogP contribution in [0.2, 0.25) is 10.0 Å². The maximum absolute atomic E-state index is 12.5. The van der Waals surface area contributed by atoms with Crippen LogP contribution in [0.15, 0.2) is 36.5 Å². The van der Waals surface area contributed by atoms with Crippen LogP contribution >= 0.6 is 23.2 Å². The number of hydrogen-bond acceptors (Lipinski definition) is 3. The normalized spacial score (nSPS) is 13.0. The molecule has 1 aromatic heterocycles. The Morgan fingerprint density at radius 3 is 2.36 bits per heavy atom. The van der Waals surface area contributed by atoms with Gasteiger partial charge in [0.25, 0.3) is 0 Å². The zero-order chi connectivity index (χ0) is 16.3. The van der Waals surface area contributed by atoms with Crippen molar-refractivity contribution in [3.8, 4) is 0 Å². The second-order valence-corrected chi connectivity index (χ2v) is 5.34. The Kier molecular flexibility index (Phi) is 5.16. The summed E-state index contributed by atoms with van der Waals surface area (Å²) in [6, 6.07) is 7.34. The molecule has 0 saturated carbocycles. The summed E-state index contributed by atoms with van der Waals surface area (Å²) in [4.78, 5) is 3.63. The average Bonchev–Trinajstić information content (AvgIpc) is 2.45. The number of benzene rings is 1. The molecule has 1 heterocycles. The molecule has 0 amide bonds. The van der Waals surface area contributed by atoms with Gasteiger partial charge in [0.05, 0.1) is 16.7 Å². The minimum atomic E-state index is -4.50. The molecule has 2 N–H and O–H groups in total. The average molecular weight is 351 g/mol. The predicted molar refractivity (Wildman–Crippen MR) is 79.2 cm³/mol. The molecule has 22 heavy (non-hydrogen) atoms. The Morgan fingerprint density at radius 1 is 1.18 bits per heavy atom. The standard InChI is InChI=1S/C14H11Cl2F3N2O/c15-10-3-1-8(2-4-10)12(22)7-21-13-11(16)5-9(6-20-13)14(17,18)19/h1-6,12,22H,7H2,(H,20,21)/t12-/m0/s1. The highest BCUT2D eigenvalue weighted by atomic mass is 35.5. The summed E-state index contributed by atoms with van der Waals surface area (Å²) < 4.78 is 37.5. The number of pyridine rings is 1. The third kappa shape index (κ3) is 4.25. The molecule has 0 unspecified atom stereocenters. The Morgan fingerprint density at radius 2 is 1.82 bits per heavy atom. The molecular weight excluding hydrogens is 340 g/mol. The summed E-state index contributed by atoms with van der Waals surface area (Å²) in [5, 5.41) is 13.1. The highest BCUT2D eigenvalue weighted by Crippen LogP contribution is 2.32. The van der Waals surface area contributed by atoms with Crippen molar-refractivity contribution < 1.29 is 18.3 Å². The summed E-state index contributed by atoms with van der Waals surface area (Å²) in [5.74, 6) is 0.0719. The quantitative estimate of drug-likeness (QED) is 0.849. The third-order valence-corrected chi connectivity index (χ3v) is 3.43. The fourth-order valence-electron chi connectivity index (χ4n) is 1.72. The molecule has 0 aliphatic carbocycles. The Hall–Kier alpha value is -1.50. The maximum Gasteiger partial charge on any atom is 0.417 e. The number of aromatic nitrogens is 1. The van der Waals surface area contributed by atoms with Crippen LogP contribution in [-0.2, 0) is 6.18 Å². The summed E-state index contributed by atoms with van der Waals surface area (Å²) in [6.45, 7) is 0.0414. The van der Waals surface area contributed by atoms with E-state index in [2.05, 4.69) is 10.3 Å². The summed E-state index contributed by atoms with van der Waals surface area (Å²) in [5.41, 5.74) is -0.318. The second kappa shape index (κ2) is 6.73. The maximum atomic E-state index is 12.5. The molecule has 0 saturated heterocycles. The van der Waals surface area contributed by atoms with E-state index in [1.807, 2.05) is 0 Å². The molecule has 118 valence electrons. The first-order chi connectivity index (χ1) is 10.3. The fraction of sp³-hybridized carbons (Fsp3) is 0.214. The van der Waals surface area contributed by atoms with Crippen LogP contribution in [-0.4, -0.2) is 16.6 Å². The molecule has 3 nitrogen and oxygen atoms in total. The van der Waals surface area contributed by atoms with Gasteiger partial charge in [0.15, 0.2) is 0 Å². The second-order valence-electron chi connectivity index (χ2n) is 4.50. The third-order valence-electron chi connectivity index (χ3n) is 2.89. The molecule has 0 aliphatic rings. The molecule has 0 bridgehead atoms. The number of nitrogens with one attached hydrogen (secondary N) is 1. The van der Waals surface area contributed by atoms with Crippen LogP contribution < -0.4 is 5.32 Å². The van der Waals surface area contributed by atoms with Crippen molar-refractivity contribution in [2.24, 2.45) is 0 Å². The smallest absolute Gasteiger partial charge is 0.387 e. The number of aliphatic hydroxyl groups excluding tert-OH is 1. The first-order valence-electron chi connectivity index (χ1n) is 6.17. The number of anilines is 1. The van der Waals surface area contributed by atoms with Gasteiger partial charge in [-0.3, -0.25) is 0 Å². The predicted octanol–water partition coefficient (Wildman–Crippen LogP) is 4.55. The number of halogens is 5. The summed E-state index contributed by atoms with van der Waals surface area (Å²) >= 11 is 11.5. The monoisotopic (exact) mass is 350 g/mol. The van der Waals surface area contributed by atoms with Gasteiger partial charge >= 0.3 is 6.18 Å². The van der Waals surface area contributed by atoms with E-state index in [4.69, 9.17) is 23.2 Å². The van der Waals surface area contributed by atoms with E-state index in [1.165, 1.54) is 0 Å². The zero-order valence-electron chi connectivity index (χ0n) is 11.0. The molecule has 0 fully saturated rings. The van der Waals surface area contributed by atoms with E-state index in [1.54, 1.807) is 24.3 Å². The number of alkyl halides is 3. The van der Waals surface area contributed by atoms with E-state index in [-0.39, 0.29) is 17.4 Å². The molecule has 0 spiro atoms. The lowest BCUT2D eigenvalue weighted by molar-refractivity contribution is -0.137. The lowest BCUT2D eigenvalue weighted by atomic mass is 10.1. The minimum Gasteiger partial charge on any atom is -0.387 e. The molecule has 0 aliphatic heterocycles. The van der Waals surface area contributed by atoms with Gasteiger partial charge in [0.1, 0.15) is 5.82 Å². The highest BCUT2D eigenvalue weighted by Gasteiger charge is 2.31. The van der Waals surface area contributed by atoms with E-state index in [9.17, 15) is 18.3 Å². The number of hydrogen-bond donors (Lipinski definition) is 2. The number of aliphatic hydroxyl groups is 1. The van der Waals surface area contributed by atoms with Crippen molar-refractivity contribution in [2.75, 3.05) is 11.9 Å². The SMILES string of the molecule is O[C@@H](CNc1ncc(C(F)(F)F)cc1Cl)c1ccc(Cl)cc1. The van der Waals surface area contributed by atoms with Crippen LogP contribution in [0.5, 0.6) is 0 Å². The lowest BCUT2D eigenvalue weighted by Gasteiger charge is -2.14. The van der Waals surface area contributed by atoms with Gasteiger partial charge in [0.2, 0.25) is 0 Å². The van der Waals surface area contributed by atoms with Gasteiger partial charge in [-0.1, -0.05) is 35.3 Å². The van der Waals surface area contributed by atoms with Gasteiger partial charge in [0, 0.05) is 17.8 Å². The van der Waals surface area contributed by atoms with Crippen molar-refractivity contribution in [2.45, 2.75) is 12.3 Å². The van der Waals surface area contributed by atoms with E-state index in [0.29, 0.717) is 16.8 Å². The van der Waals surface area contributed by atoms with E-state index in [0.717, 1.165) is 6.07 Å². The number of rotatable bonds is 4.